The van der Waals surface area contributed by atoms with E-state index in [1.807, 2.05) is 48.5 Å². The van der Waals surface area contributed by atoms with Crippen molar-refractivity contribution in [1.82, 2.24) is 5.32 Å². The number of methoxy groups -OCH3 is 1. The molecule has 0 heterocycles. The van der Waals surface area contributed by atoms with Gasteiger partial charge in [0.1, 0.15) is 5.75 Å². The van der Waals surface area contributed by atoms with Crippen LogP contribution in [0.2, 0.25) is 0 Å². The molecule has 0 aliphatic heterocycles. The Morgan fingerprint density at radius 1 is 1.22 bits per heavy atom. The van der Waals surface area contributed by atoms with Gasteiger partial charge in [0.15, 0.2) is 0 Å². The van der Waals surface area contributed by atoms with Gasteiger partial charge in [0.2, 0.25) is 5.91 Å². The summed E-state index contributed by atoms with van der Waals surface area (Å²) in [5.41, 5.74) is 3.23. The predicted molar refractivity (Wildman–Crippen MR) is 88.4 cm³/mol. The number of aliphatic hydroxyl groups is 1. The third-order valence-electron chi connectivity index (χ3n) is 4.32. The van der Waals surface area contributed by atoms with E-state index in [-0.39, 0.29) is 11.9 Å². The molecule has 0 saturated heterocycles. The number of nitrogens with one attached hydrogen (secondary N) is 1. The smallest absolute Gasteiger partial charge is 0.220 e. The molecule has 2 N–H and O–H groups in total. The second-order valence-electron chi connectivity index (χ2n) is 5.86. The molecule has 0 saturated carbocycles. The molecule has 2 aromatic rings. The minimum atomic E-state index is -0.544. The molecular formula is C19H21NO3. The molecule has 0 bridgehead atoms. The number of amides is 1. The molecule has 0 radical (unpaired) electrons. The van der Waals surface area contributed by atoms with E-state index >= 15 is 0 Å². The summed E-state index contributed by atoms with van der Waals surface area (Å²) in [6.07, 6.45) is 1.12. The molecule has 3 rings (SSSR count). The molecule has 120 valence electrons. The van der Waals surface area contributed by atoms with Crippen molar-refractivity contribution >= 4 is 5.91 Å². The Bertz CT molecular complexity index is 681. The van der Waals surface area contributed by atoms with Gasteiger partial charge in [-0.25, -0.2) is 0 Å². The van der Waals surface area contributed by atoms with E-state index in [0.29, 0.717) is 19.3 Å². The number of aryl methyl sites for hydroxylation is 1. The largest absolute Gasteiger partial charge is 0.497 e. The highest BCUT2D eigenvalue weighted by Gasteiger charge is 2.31. The van der Waals surface area contributed by atoms with Crippen LogP contribution in [0.15, 0.2) is 48.5 Å². The summed E-state index contributed by atoms with van der Waals surface area (Å²) in [6.45, 7) is 0. The van der Waals surface area contributed by atoms with Crippen molar-refractivity contribution < 1.29 is 14.6 Å². The van der Waals surface area contributed by atoms with Crippen LogP contribution < -0.4 is 10.1 Å². The maximum absolute atomic E-state index is 12.2. The lowest BCUT2D eigenvalue weighted by molar-refractivity contribution is -0.122. The number of carbonyl (C=O) groups excluding carboxylic acids is 1. The van der Waals surface area contributed by atoms with Gasteiger partial charge in [0.25, 0.3) is 0 Å². The monoisotopic (exact) mass is 311 g/mol. The lowest BCUT2D eigenvalue weighted by Crippen LogP contribution is -2.33. The van der Waals surface area contributed by atoms with E-state index in [0.717, 1.165) is 22.4 Å². The first kappa shape index (κ1) is 15.6. The molecule has 1 aliphatic rings. The van der Waals surface area contributed by atoms with E-state index in [1.54, 1.807) is 7.11 Å². The number of benzene rings is 2. The lowest BCUT2D eigenvalue weighted by atomic mass is 10.1. The zero-order valence-electron chi connectivity index (χ0n) is 13.2. The zero-order valence-corrected chi connectivity index (χ0v) is 13.2. The number of hydrogen-bond donors (Lipinski definition) is 2. The number of hydrogen-bond acceptors (Lipinski definition) is 3. The zero-order chi connectivity index (χ0) is 16.2. The van der Waals surface area contributed by atoms with Crippen LogP contribution in [-0.4, -0.2) is 24.2 Å². The van der Waals surface area contributed by atoms with Crippen LogP contribution >= 0.6 is 0 Å². The first-order valence-electron chi connectivity index (χ1n) is 7.85. The van der Waals surface area contributed by atoms with Gasteiger partial charge in [-0.3, -0.25) is 4.79 Å². The fourth-order valence-corrected chi connectivity index (χ4v) is 3.04. The van der Waals surface area contributed by atoms with Gasteiger partial charge in [0, 0.05) is 12.8 Å². The maximum Gasteiger partial charge on any atom is 0.220 e. The van der Waals surface area contributed by atoms with E-state index in [1.165, 1.54) is 0 Å². The second kappa shape index (κ2) is 6.84. The summed E-state index contributed by atoms with van der Waals surface area (Å²) in [4.78, 5) is 12.2. The highest BCUT2D eigenvalue weighted by Crippen LogP contribution is 2.31. The number of rotatable bonds is 5. The molecule has 1 amide bonds. The summed E-state index contributed by atoms with van der Waals surface area (Å²) in [5, 5.41) is 13.1. The van der Waals surface area contributed by atoms with Crippen molar-refractivity contribution in [3.63, 3.8) is 0 Å². The van der Waals surface area contributed by atoms with Crippen molar-refractivity contribution in [2.24, 2.45) is 0 Å². The van der Waals surface area contributed by atoms with E-state index in [9.17, 15) is 9.90 Å². The molecule has 2 aromatic carbocycles. The van der Waals surface area contributed by atoms with Crippen LogP contribution in [0.1, 0.15) is 29.2 Å². The summed E-state index contributed by atoms with van der Waals surface area (Å²) in [5.74, 6) is 0.769. The fourth-order valence-electron chi connectivity index (χ4n) is 3.04. The number of fused-ring (bicyclic) bond motifs is 1. The Morgan fingerprint density at radius 2 is 1.96 bits per heavy atom. The van der Waals surface area contributed by atoms with Gasteiger partial charge < -0.3 is 15.2 Å². The summed E-state index contributed by atoms with van der Waals surface area (Å²) < 4.78 is 5.12. The molecule has 4 heteroatoms. The minimum Gasteiger partial charge on any atom is -0.497 e. The molecule has 1 aliphatic carbocycles. The van der Waals surface area contributed by atoms with Gasteiger partial charge >= 0.3 is 0 Å². The van der Waals surface area contributed by atoms with E-state index in [2.05, 4.69) is 5.32 Å². The lowest BCUT2D eigenvalue weighted by Gasteiger charge is -2.18. The van der Waals surface area contributed by atoms with Crippen LogP contribution in [0.25, 0.3) is 0 Å². The SMILES string of the molecule is COc1ccc(CCC(=O)NC2c3ccccc3CC2O)cc1. The molecular weight excluding hydrogens is 290 g/mol. The van der Waals surface area contributed by atoms with E-state index in [4.69, 9.17) is 4.74 Å². The Labute approximate surface area is 136 Å². The highest BCUT2D eigenvalue weighted by atomic mass is 16.5. The Morgan fingerprint density at radius 3 is 2.70 bits per heavy atom. The Kier molecular flexibility index (Phi) is 4.63. The van der Waals surface area contributed by atoms with Gasteiger partial charge in [-0.15, -0.1) is 0 Å². The number of aliphatic hydroxyl groups excluding tert-OH is 1. The highest BCUT2D eigenvalue weighted by molar-refractivity contribution is 5.77. The molecule has 2 atom stereocenters. The van der Waals surface area contributed by atoms with Gasteiger partial charge in [-0.05, 0) is 35.2 Å². The topological polar surface area (TPSA) is 58.6 Å². The summed E-state index contributed by atoms with van der Waals surface area (Å²) >= 11 is 0. The molecule has 23 heavy (non-hydrogen) atoms. The number of carbonyl (C=O) groups is 1. The standard InChI is InChI=1S/C19H21NO3/c1-23-15-9-6-13(7-10-15)8-11-18(22)20-19-16-5-3-2-4-14(16)12-17(19)21/h2-7,9-10,17,19,21H,8,11-12H2,1H3,(H,20,22). The van der Waals surface area contributed by atoms with Crippen LogP contribution in [0.5, 0.6) is 5.75 Å². The first-order chi connectivity index (χ1) is 11.2. The summed E-state index contributed by atoms with van der Waals surface area (Å²) in [6, 6.07) is 15.3. The van der Waals surface area contributed by atoms with E-state index < -0.39 is 6.10 Å². The van der Waals surface area contributed by atoms with Crippen molar-refractivity contribution in [1.29, 1.82) is 0 Å². The maximum atomic E-state index is 12.2. The van der Waals surface area contributed by atoms with Crippen molar-refractivity contribution in [3.8, 4) is 5.75 Å². The van der Waals surface area contributed by atoms with Gasteiger partial charge in [-0.2, -0.15) is 0 Å². The molecule has 4 nitrogen and oxygen atoms in total. The van der Waals surface area contributed by atoms with Crippen LogP contribution in [0.4, 0.5) is 0 Å². The van der Waals surface area contributed by atoms with Gasteiger partial charge in [0.05, 0.1) is 19.3 Å². The average Bonchev–Trinajstić information content (AvgIpc) is 2.89. The van der Waals surface area contributed by atoms with Crippen molar-refractivity contribution in [2.45, 2.75) is 31.4 Å². The molecule has 2 unspecified atom stereocenters. The van der Waals surface area contributed by atoms with Crippen LogP contribution in [-0.2, 0) is 17.6 Å². The third kappa shape index (κ3) is 3.54. The second-order valence-corrected chi connectivity index (χ2v) is 5.86. The van der Waals surface area contributed by atoms with Gasteiger partial charge in [-0.1, -0.05) is 36.4 Å². The third-order valence-corrected chi connectivity index (χ3v) is 4.32. The average molecular weight is 311 g/mol. The minimum absolute atomic E-state index is 0.0402. The first-order valence-corrected chi connectivity index (χ1v) is 7.85. The molecule has 0 aromatic heterocycles. The van der Waals surface area contributed by atoms with Crippen LogP contribution in [0.3, 0.4) is 0 Å². The Hall–Kier alpha value is -2.33. The quantitative estimate of drug-likeness (QED) is 0.891. The normalized spacial score (nSPS) is 19.2. The Balaban J connectivity index is 1.57. The summed E-state index contributed by atoms with van der Waals surface area (Å²) in [7, 11) is 1.63. The predicted octanol–water partition coefficient (Wildman–Crippen LogP) is 2.40. The number of ether oxygens (including phenoxy) is 1. The van der Waals surface area contributed by atoms with Crippen molar-refractivity contribution in [2.75, 3.05) is 7.11 Å². The molecule has 0 fully saturated rings. The fraction of sp³-hybridized carbons (Fsp3) is 0.316. The van der Waals surface area contributed by atoms with Crippen LogP contribution in [0, 0.1) is 0 Å². The molecule has 0 spiro atoms. The van der Waals surface area contributed by atoms with Crippen molar-refractivity contribution in [3.05, 3.63) is 65.2 Å².